The van der Waals surface area contributed by atoms with E-state index >= 15 is 0 Å². The highest BCUT2D eigenvalue weighted by molar-refractivity contribution is 7.80. The number of hydrogen-bond donors (Lipinski definition) is 2. The predicted molar refractivity (Wildman–Crippen MR) is 80.6 cm³/mol. The van der Waals surface area contributed by atoms with Crippen LogP contribution in [0.15, 0.2) is 28.8 Å². The molecule has 0 amide bonds. The minimum absolute atomic E-state index is 0.111. The number of oxazole rings is 1. The molecular formula is C13H14ClN3OS. The molecule has 0 fully saturated rings. The topological polar surface area (TPSA) is 64.1 Å². The summed E-state index contributed by atoms with van der Waals surface area (Å²) in [5.41, 5.74) is 7.10. The average molecular weight is 296 g/mol. The quantitative estimate of drug-likeness (QED) is 0.846. The summed E-state index contributed by atoms with van der Waals surface area (Å²) in [6.07, 6.45) is 1.68. The summed E-state index contributed by atoms with van der Waals surface area (Å²) in [4.78, 5) is 4.44. The van der Waals surface area contributed by atoms with Crippen molar-refractivity contribution < 1.29 is 4.42 Å². The highest BCUT2D eigenvalue weighted by Crippen LogP contribution is 2.27. The van der Waals surface area contributed by atoms with Gasteiger partial charge in [-0.25, -0.2) is 4.98 Å². The van der Waals surface area contributed by atoms with Gasteiger partial charge in [0, 0.05) is 5.69 Å². The number of aromatic nitrogens is 1. The second-order valence-corrected chi connectivity index (χ2v) is 5.05. The molecule has 2 aromatic rings. The average Bonchev–Trinajstić information content (AvgIpc) is 2.75. The maximum Gasteiger partial charge on any atom is 0.216 e. The van der Waals surface area contributed by atoms with Crippen molar-refractivity contribution in [2.75, 3.05) is 5.32 Å². The van der Waals surface area contributed by atoms with E-state index in [1.165, 1.54) is 0 Å². The molecule has 3 N–H and O–H groups in total. The normalized spacial score (nSPS) is 12.2. The van der Waals surface area contributed by atoms with Crippen LogP contribution in [-0.2, 0) is 0 Å². The maximum absolute atomic E-state index is 6.11. The monoisotopic (exact) mass is 295 g/mol. The van der Waals surface area contributed by atoms with E-state index in [1.54, 1.807) is 12.3 Å². The molecule has 1 aromatic heterocycles. The van der Waals surface area contributed by atoms with Crippen molar-refractivity contribution in [1.29, 1.82) is 0 Å². The Morgan fingerprint density at radius 1 is 1.53 bits per heavy atom. The van der Waals surface area contributed by atoms with Gasteiger partial charge in [0.05, 0.1) is 16.8 Å². The van der Waals surface area contributed by atoms with Gasteiger partial charge in [-0.05, 0) is 26.0 Å². The Kier molecular flexibility index (Phi) is 4.07. The van der Waals surface area contributed by atoms with Crippen LogP contribution in [0, 0.1) is 6.92 Å². The van der Waals surface area contributed by atoms with Crippen LogP contribution in [0.2, 0.25) is 5.02 Å². The van der Waals surface area contributed by atoms with E-state index in [2.05, 4.69) is 10.3 Å². The van der Waals surface area contributed by atoms with Gasteiger partial charge in [0.2, 0.25) is 5.89 Å². The summed E-state index contributed by atoms with van der Waals surface area (Å²) in [5, 5.41) is 3.78. The predicted octanol–water partition coefficient (Wildman–Crippen LogP) is 3.44. The van der Waals surface area contributed by atoms with E-state index in [0.29, 0.717) is 16.5 Å². The third-order valence-corrected chi connectivity index (χ3v) is 3.16. The number of nitrogens with one attached hydrogen (secondary N) is 1. The summed E-state index contributed by atoms with van der Waals surface area (Å²) in [5.74, 6) is 1.37. The highest BCUT2D eigenvalue weighted by Gasteiger charge is 2.15. The zero-order valence-corrected chi connectivity index (χ0v) is 12.2. The van der Waals surface area contributed by atoms with Gasteiger partial charge < -0.3 is 15.5 Å². The smallest absolute Gasteiger partial charge is 0.216 e. The Bertz CT molecular complexity index is 612. The van der Waals surface area contributed by atoms with Gasteiger partial charge in [0.15, 0.2) is 0 Å². The van der Waals surface area contributed by atoms with Crippen LogP contribution < -0.4 is 11.1 Å². The van der Waals surface area contributed by atoms with Crippen LogP contribution in [0.3, 0.4) is 0 Å². The SMILES string of the molecule is Cc1cnc(C(C)Nc2cccc(Cl)c2C(N)=S)o1. The molecular weight excluding hydrogens is 282 g/mol. The molecule has 2 rings (SSSR count). The number of benzene rings is 1. The third kappa shape index (κ3) is 3.05. The molecule has 4 nitrogen and oxygen atoms in total. The van der Waals surface area contributed by atoms with Crippen molar-refractivity contribution in [3.05, 3.63) is 46.6 Å². The molecule has 0 aliphatic heterocycles. The van der Waals surface area contributed by atoms with Crippen molar-refractivity contribution in [2.45, 2.75) is 19.9 Å². The van der Waals surface area contributed by atoms with Gasteiger partial charge >= 0.3 is 0 Å². The Labute approximate surface area is 122 Å². The molecule has 0 bridgehead atoms. The standard InChI is InChI=1S/C13H14ClN3OS/c1-7-6-16-13(18-7)8(2)17-10-5-3-4-9(14)11(10)12(15)19/h3-6,8,17H,1-2H3,(H2,15,19). The first-order valence-corrected chi connectivity index (χ1v) is 6.55. The van der Waals surface area contributed by atoms with Gasteiger partial charge in [-0.1, -0.05) is 29.9 Å². The van der Waals surface area contributed by atoms with E-state index in [-0.39, 0.29) is 11.0 Å². The fourth-order valence-corrected chi connectivity index (χ4v) is 2.31. The molecule has 1 aromatic carbocycles. The van der Waals surface area contributed by atoms with E-state index < -0.39 is 0 Å². The minimum Gasteiger partial charge on any atom is -0.444 e. The zero-order valence-electron chi connectivity index (χ0n) is 10.6. The maximum atomic E-state index is 6.11. The number of thiocarbonyl (C=S) groups is 1. The molecule has 0 saturated heterocycles. The lowest BCUT2D eigenvalue weighted by Crippen LogP contribution is -2.15. The Balaban J connectivity index is 2.28. The lowest BCUT2D eigenvalue weighted by molar-refractivity contribution is 0.453. The molecule has 0 saturated carbocycles. The summed E-state index contributed by atoms with van der Waals surface area (Å²) in [6, 6.07) is 5.34. The minimum atomic E-state index is -0.111. The van der Waals surface area contributed by atoms with Crippen molar-refractivity contribution in [3.63, 3.8) is 0 Å². The number of aryl methyl sites for hydroxylation is 1. The third-order valence-electron chi connectivity index (χ3n) is 2.64. The molecule has 6 heteroatoms. The largest absolute Gasteiger partial charge is 0.444 e. The lowest BCUT2D eigenvalue weighted by atomic mass is 10.1. The molecule has 0 radical (unpaired) electrons. The van der Waals surface area contributed by atoms with Gasteiger partial charge in [-0.3, -0.25) is 0 Å². The van der Waals surface area contributed by atoms with E-state index in [0.717, 1.165) is 11.4 Å². The number of nitrogens with two attached hydrogens (primary N) is 1. The molecule has 1 atom stereocenters. The molecule has 19 heavy (non-hydrogen) atoms. The number of anilines is 1. The summed E-state index contributed by atoms with van der Waals surface area (Å²) in [6.45, 7) is 3.79. The van der Waals surface area contributed by atoms with Crippen LogP contribution in [0.4, 0.5) is 5.69 Å². The van der Waals surface area contributed by atoms with Crippen LogP contribution in [0.1, 0.15) is 30.2 Å². The number of halogens is 1. The Hall–Kier alpha value is -1.59. The Morgan fingerprint density at radius 2 is 2.26 bits per heavy atom. The molecule has 1 unspecified atom stereocenters. The van der Waals surface area contributed by atoms with Crippen molar-refractivity contribution in [3.8, 4) is 0 Å². The van der Waals surface area contributed by atoms with Crippen LogP contribution in [-0.4, -0.2) is 9.97 Å². The zero-order chi connectivity index (χ0) is 14.0. The van der Waals surface area contributed by atoms with Crippen molar-refractivity contribution >= 4 is 34.5 Å². The summed E-state index contributed by atoms with van der Waals surface area (Å²) < 4.78 is 5.48. The summed E-state index contributed by atoms with van der Waals surface area (Å²) in [7, 11) is 0. The molecule has 0 spiro atoms. The fourth-order valence-electron chi connectivity index (χ4n) is 1.76. The van der Waals surface area contributed by atoms with Gasteiger partial charge in [-0.2, -0.15) is 0 Å². The second kappa shape index (κ2) is 5.59. The van der Waals surface area contributed by atoms with Crippen LogP contribution in [0.5, 0.6) is 0 Å². The van der Waals surface area contributed by atoms with Crippen molar-refractivity contribution in [1.82, 2.24) is 4.98 Å². The first kappa shape index (κ1) is 13.8. The van der Waals surface area contributed by atoms with Gasteiger partial charge in [0.1, 0.15) is 16.8 Å². The van der Waals surface area contributed by atoms with E-state index in [4.69, 9.17) is 34.0 Å². The van der Waals surface area contributed by atoms with Gasteiger partial charge in [0.25, 0.3) is 0 Å². The number of hydrogen-bond acceptors (Lipinski definition) is 4. The first-order valence-electron chi connectivity index (χ1n) is 5.76. The second-order valence-electron chi connectivity index (χ2n) is 4.20. The first-order chi connectivity index (χ1) is 8.99. The number of rotatable bonds is 4. The van der Waals surface area contributed by atoms with Crippen molar-refractivity contribution in [2.24, 2.45) is 5.73 Å². The Morgan fingerprint density at radius 3 is 2.84 bits per heavy atom. The summed E-state index contributed by atoms with van der Waals surface area (Å²) >= 11 is 11.1. The fraction of sp³-hybridized carbons (Fsp3) is 0.231. The molecule has 0 aliphatic carbocycles. The molecule has 0 aliphatic rings. The lowest BCUT2D eigenvalue weighted by Gasteiger charge is -2.16. The molecule has 100 valence electrons. The van der Waals surface area contributed by atoms with E-state index in [1.807, 2.05) is 26.0 Å². The van der Waals surface area contributed by atoms with Gasteiger partial charge in [-0.15, -0.1) is 0 Å². The number of nitrogens with zero attached hydrogens (tertiary/aromatic N) is 1. The van der Waals surface area contributed by atoms with Crippen LogP contribution in [0.25, 0.3) is 0 Å². The van der Waals surface area contributed by atoms with E-state index in [9.17, 15) is 0 Å². The highest BCUT2D eigenvalue weighted by atomic mass is 35.5. The van der Waals surface area contributed by atoms with Crippen LogP contribution >= 0.6 is 23.8 Å². The molecule has 1 heterocycles.